The van der Waals surface area contributed by atoms with Crippen molar-refractivity contribution in [3.63, 3.8) is 0 Å². The fourth-order valence-electron chi connectivity index (χ4n) is 5.26. The van der Waals surface area contributed by atoms with Crippen LogP contribution in [-0.4, -0.2) is 45.4 Å². The molecule has 0 unspecified atom stereocenters. The summed E-state index contributed by atoms with van der Waals surface area (Å²) in [7, 11) is -3.94. The molecule has 1 fully saturated rings. The van der Waals surface area contributed by atoms with E-state index in [2.05, 4.69) is 6.07 Å². The quantitative estimate of drug-likeness (QED) is 0.479. The number of carboxylic acids is 1. The Balaban J connectivity index is 1.58. The van der Waals surface area contributed by atoms with E-state index in [9.17, 15) is 18.3 Å². The molecule has 0 aromatic heterocycles. The number of ether oxygens (including phenoxy) is 2. The number of aryl methyl sites for hydroxylation is 2. The number of nitrogens with zero attached hydrogens (tertiary/aromatic N) is 1. The van der Waals surface area contributed by atoms with E-state index in [-0.39, 0.29) is 17.9 Å². The van der Waals surface area contributed by atoms with Gasteiger partial charge in [-0.05, 0) is 67.6 Å². The van der Waals surface area contributed by atoms with Crippen molar-refractivity contribution in [2.45, 2.75) is 44.1 Å². The molecule has 0 spiro atoms. The molecule has 0 radical (unpaired) electrons. The maximum absolute atomic E-state index is 14.0. The molecular formula is C29H31NO6S. The lowest BCUT2D eigenvalue weighted by Crippen LogP contribution is -2.48. The highest BCUT2D eigenvalue weighted by Gasteiger charge is 2.45. The first-order chi connectivity index (χ1) is 17.7. The average Bonchev–Trinajstić information content (AvgIpc) is 2.88. The monoisotopic (exact) mass is 521 g/mol. The van der Waals surface area contributed by atoms with E-state index < -0.39 is 27.5 Å². The molecule has 7 nitrogen and oxygen atoms in total. The molecule has 3 aromatic carbocycles. The molecule has 37 heavy (non-hydrogen) atoms. The largest absolute Gasteiger partial charge is 0.486 e. The summed E-state index contributed by atoms with van der Waals surface area (Å²) in [5, 5.41) is 10.1. The van der Waals surface area contributed by atoms with Crippen LogP contribution in [0.2, 0.25) is 0 Å². The van der Waals surface area contributed by atoms with E-state index in [0.717, 1.165) is 22.3 Å². The summed E-state index contributed by atoms with van der Waals surface area (Å²) in [5.41, 5.74) is 3.23. The number of benzene rings is 3. The standard InChI is InChI=1S/C29H31NO6S/c1-20-5-3-7-22(15-20)23-9-10-27-26(17-23)30(37(33,34)25-8-4-6-21(2)16-25)19-24(36-27)18-29(28(31)32)11-13-35-14-12-29/h3-10,15-17,24H,11-14,18-19H2,1-2H3,(H,31,32)/t24-/m0/s1. The van der Waals surface area contributed by atoms with Gasteiger partial charge in [0.25, 0.3) is 10.0 Å². The van der Waals surface area contributed by atoms with E-state index >= 15 is 0 Å². The van der Waals surface area contributed by atoms with Crippen LogP contribution in [0.15, 0.2) is 71.6 Å². The van der Waals surface area contributed by atoms with E-state index in [1.165, 1.54) is 4.31 Å². The summed E-state index contributed by atoms with van der Waals surface area (Å²) in [5.74, 6) is -0.468. The third-order valence-electron chi connectivity index (χ3n) is 7.34. The predicted molar refractivity (Wildman–Crippen MR) is 141 cm³/mol. The Labute approximate surface area is 217 Å². The molecule has 2 aliphatic rings. The van der Waals surface area contributed by atoms with Gasteiger partial charge < -0.3 is 14.6 Å². The van der Waals surface area contributed by atoms with Crippen molar-refractivity contribution < 1.29 is 27.8 Å². The first-order valence-corrected chi connectivity index (χ1v) is 13.9. The summed E-state index contributed by atoms with van der Waals surface area (Å²) >= 11 is 0. The maximum atomic E-state index is 14.0. The zero-order chi connectivity index (χ0) is 26.2. The minimum atomic E-state index is -3.94. The van der Waals surface area contributed by atoms with Crippen LogP contribution < -0.4 is 9.04 Å². The number of fused-ring (bicyclic) bond motifs is 1. The Morgan fingerprint density at radius 1 is 0.973 bits per heavy atom. The van der Waals surface area contributed by atoms with Crippen LogP contribution in [-0.2, 0) is 19.6 Å². The molecule has 0 bridgehead atoms. The van der Waals surface area contributed by atoms with Crippen LogP contribution in [0.3, 0.4) is 0 Å². The molecule has 3 aromatic rings. The highest BCUT2D eigenvalue weighted by molar-refractivity contribution is 7.92. The van der Waals surface area contributed by atoms with Gasteiger partial charge in [0, 0.05) is 19.6 Å². The van der Waals surface area contributed by atoms with Crippen molar-refractivity contribution in [3.05, 3.63) is 77.9 Å². The van der Waals surface area contributed by atoms with Crippen molar-refractivity contribution in [1.82, 2.24) is 0 Å². The number of hydrogen-bond donors (Lipinski definition) is 1. The minimum absolute atomic E-state index is 0.0242. The second kappa shape index (κ2) is 9.84. The van der Waals surface area contributed by atoms with Gasteiger partial charge >= 0.3 is 5.97 Å². The molecule has 0 amide bonds. The zero-order valence-electron chi connectivity index (χ0n) is 21.0. The second-order valence-corrected chi connectivity index (χ2v) is 11.9. The summed E-state index contributed by atoms with van der Waals surface area (Å²) in [6.07, 6.45) is 0.314. The van der Waals surface area contributed by atoms with E-state index in [1.54, 1.807) is 24.3 Å². The average molecular weight is 522 g/mol. The molecule has 1 saturated heterocycles. The van der Waals surface area contributed by atoms with Crippen molar-refractivity contribution in [3.8, 4) is 16.9 Å². The highest BCUT2D eigenvalue weighted by atomic mass is 32.2. The molecular weight excluding hydrogens is 490 g/mol. The first kappa shape index (κ1) is 25.3. The molecule has 2 heterocycles. The van der Waals surface area contributed by atoms with Crippen LogP contribution in [0.25, 0.3) is 11.1 Å². The second-order valence-electron chi connectivity index (χ2n) is 10.0. The van der Waals surface area contributed by atoms with Gasteiger partial charge in [0.1, 0.15) is 11.9 Å². The first-order valence-electron chi connectivity index (χ1n) is 12.5. The fourth-order valence-corrected chi connectivity index (χ4v) is 6.86. The molecule has 0 saturated carbocycles. The molecule has 194 valence electrons. The predicted octanol–water partition coefficient (Wildman–Crippen LogP) is 5.20. The lowest BCUT2D eigenvalue weighted by molar-refractivity contribution is -0.157. The van der Waals surface area contributed by atoms with Gasteiger partial charge in [-0.2, -0.15) is 0 Å². The minimum Gasteiger partial charge on any atom is -0.486 e. The highest BCUT2D eigenvalue weighted by Crippen LogP contribution is 2.44. The van der Waals surface area contributed by atoms with Crippen LogP contribution in [0.5, 0.6) is 5.75 Å². The summed E-state index contributed by atoms with van der Waals surface area (Å²) in [6.45, 7) is 4.61. The fraction of sp³-hybridized carbons (Fsp3) is 0.345. The number of sulfonamides is 1. The molecule has 1 atom stereocenters. The summed E-state index contributed by atoms with van der Waals surface area (Å²) < 4.78 is 41.1. The van der Waals surface area contributed by atoms with Crippen molar-refractivity contribution >= 4 is 21.7 Å². The van der Waals surface area contributed by atoms with Gasteiger partial charge in [-0.25, -0.2) is 8.42 Å². The van der Waals surface area contributed by atoms with Gasteiger partial charge in [-0.15, -0.1) is 0 Å². The van der Waals surface area contributed by atoms with E-state index in [0.29, 0.717) is 37.5 Å². The molecule has 8 heteroatoms. The van der Waals surface area contributed by atoms with Gasteiger partial charge in [-0.3, -0.25) is 9.10 Å². The van der Waals surface area contributed by atoms with Gasteiger partial charge in [-0.1, -0.05) is 48.0 Å². The van der Waals surface area contributed by atoms with Gasteiger partial charge in [0.2, 0.25) is 0 Å². The van der Waals surface area contributed by atoms with E-state index in [4.69, 9.17) is 9.47 Å². The Bertz CT molecular complexity index is 1430. The third-order valence-corrected chi connectivity index (χ3v) is 9.12. The maximum Gasteiger partial charge on any atom is 0.309 e. The molecule has 0 aliphatic carbocycles. The van der Waals surface area contributed by atoms with Gasteiger partial charge in [0.15, 0.2) is 0 Å². The topological polar surface area (TPSA) is 93.1 Å². The van der Waals surface area contributed by atoms with Crippen molar-refractivity contribution in [1.29, 1.82) is 0 Å². The van der Waals surface area contributed by atoms with Crippen molar-refractivity contribution in [2.75, 3.05) is 24.1 Å². The van der Waals surface area contributed by atoms with Crippen LogP contribution in [0.1, 0.15) is 30.4 Å². The van der Waals surface area contributed by atoms with E-state index in [1.807, 2.05) is 50.2 Å². The number of aliphatic carboxylic acids is 1. The van der Waals surface area contributed by atoms with Crippen molar-refractivity contribution in [2.24, 2.45) is 5.41 Å². The normalized spacial score (nSPS) is 19.1. The summed E-state index contributed by atoms with van der Waals surface area (Å²) in [6, 6.07) is 20.4. The Hall–Kier alpha value is -3.36. The number of carbonyl (C=O) groups is 1. The SMILES string of the molecule is Cc1cccc(-c2ccc3c(c2)N(S(=O)(=O)c2cccc(C)c2)C[C@H](CC2(C(=O)O)CCOCC2)O3)c1. The number of carboxylic acid groups (broad SMARTS) is 1. The van der Waals surface area contributed by atoms with Gasteiger partial charge in [0.05, 0.1) is 22.5 Å². The Kier molecular flexibility index (Phi) is 6.72. The number of anilines is 1. The van der Waals surface area contributed by atoms with Crippen LogP contribution >= 0.6 is 0 Å². The van der Waals surface area contributed by atoms with Crippen LogP contribution in [0.4, 0.5) is 5.69 Å². The number of rotatable bonds is 6. The van der Waals surface area contributed by atoms with Crippen LogP contribution in [0, 0.1) is 19.3 Å². The molecule has 1 N–H and O–H groups in total. The summed E-state index contributed by atoms with van der Waals surface area (Å²) in [4.78, 5) is 12.5. The lowest BCUT2D eigenvalue weighted by atomic mass is 9.75. The smallest absolute Gasteiger partial charge is 0.309 e. The molecule has 2 aliphatic heterocycles. The third kappa shape index (κ3) is 4.95. The number of hydrogen-bond acceptors (Lipinski definition) is 5. The Morgan fingerprint density at radius 3 is 2.32 bits per heavy atom. The lowest BCUT2D eigenvalue weighted by Gasteiger charge is -2.40. The molecule has 5 rings (SSSR count). The Morgan fingerprint density at radius 2 is 1.65 bits per heavy atom. The zero-order valence-corrected chi connectivity index (χ0v) is 21.8.